The number of hydrogen-bond acceptors (Lipinski definition) is 2. The lowest BCUT2D eigenvalue weighted by atomic mass is 9.88. The molecule has 0 aliphatic rings. The van der Waals surface area contributed by atoms with Crippen LogP contribution in [0.1, 0.15) is 0 Å². The summed E-state index contributed by atoms with van der Waals surface area (Å²) in [5, 5.41) is 4.65. The summed E-state index contributed by atoms with van der Waals surface area (Å²) in [5.41, 5.74) is 14.2. The second-order valence-corrected chi connectivity index (χ2v) is 13.6. The van der Waals surface area contributed by atoms with Gasteiger partial charge in [0.05, 0.1) is 11.4 Å². The van der Waals surface area contributed by atoms with Crippen LogP contribution in [0, 0.1) is 0 Å². The molecule has 0 radical (unpaired) electrons. The quantitative estimate of drug-likeness (QED) is 0.166. The maximum absolute atomic E-state index is 6.74. The second kappa shape index (κ2) is 13.4. The van der Waals surface area contributed by atoms with Gasteiger partial charge in [-0.05, 0) is 80.0 Å². The molecule has 0 amide bonds. The Balaban J connectivity index is 1.23. The van der Waals surface area contributed by atoms with Crippen LogP contribution in [0.25, 0.3) is 77.2 Å². The Bertz CT molecular complexity index is 2950. The van der Waals surface area contributed by atoms with E-state index in [-0.39, 0.29) is 0 Å². The van der Waals surface area contributed by atoms with E-state index in [0.717, 1.165) is 55.7 Å². The fourth-order valence-corrected chi connectivity index (χ4v) is 8.04. The van der Waals surface area contributed by atoms with Gasteiger partial charge in [0, 0.05) is 22.0 Å². The monoisotopic (exact) mass is 689 g/mol. The second-order valence-electron chi connectivity index (χ2n) is 13.6. The van der Waals surface area contributed by atoms with Gasteiger partial charge in [-0.2, -0.15) is 0 Å². The molecule has 2 heteroatoms. The molecule has 0 aliphatic heterocycles. The van der Waals surface area contributed by atoms with Gasteiger partial charge in [-0.15, -0.1) is 0 Å². The first-order valence-corrected chi connectivity index (χ1v) is 18.4. The lowest BCUT2D eigenvalue weighted by Gasteiger charge is -2.29. The van der Waals surface area contributed by atoms with Gasteiger partial charge in [-0.1, -0.05) is 182 Å². The van der Waals surface area contributed by atoms with Crippen LogP contribution in [0.15, 0.2) is 217 Å². The van der Waals surface area contributed by atoms with E-state index < -0.39 is 0 Å². The molecule has 1 heterocycles. The average Bonchev–Trinajstić information content (AvgIpc) is 3.64. The minimum absolute atomic E-state index is 0.853. The summed E-state index contributed by atoms with van der Waals surface area (Å²) < 4.78 is 6.74. The van der Waals surface area contributed by atoms with E-state index in [9.17, 15) is 0 Å². The van der Waals surface area contributed by atoms with Crippen molar-refractivity contribution >= 4 is 49.8 Å². The molecule has 0 fully saturated rings. The molecule has 54 heavy (non-hydrogen) atoms. The Kier molecular flexibility index (Phi) is 7.85. The number of nitrogens with zero attached hydrogens (tertiary/aromatic N) is 1. The number of anilines is 3. The average molecular weight is 690 g/mol. The molecule has 254 valence electrons. The highest BCUT2D eigenvalue weighted by Gasteiger charge is 2.24. The summed E-state index contributed by atoms with van der Waals surface area (Å²) >= 11 is 0. The van der Waals surface area contributed by atoms with Crippen LogP contribution >= 0.6 is 0 Å². The van der Waals surface area contributed by atoms with Crippen molar-refractivity contribution in [1.82, 2.24) is 0 Å². The van der Waals surface area contributed by atoms with E-state index in [4.69, 9.17) is 4.42 Å². The summed E-state index contributed by atoms with van der Waals surface area (Å²) in [7, 11) is 0. The van der Waals surface area contributed by atoms with Crippen LogP contribution in [0.5, 0.6) is 0 Å². The van der Waals surface area contributed by atoms with Gasteiger partial charge in [0.15, 0.2) is 5.58 Å². The highest BCUT2D eigenvalue weighted by atomic mass is 16.3. The Morgan fingerprint density at radius 3 is 1.67 bits per heavy atom. The van der Waals surface area contributed by atoms with Crippen LogP contribution in [0.2, 0.25) is 0 Å². The molecule has 10 aromatic rings. The summed E-state index contributed by atoms with van der Waals surface area (Å²) in [6, 6.07) is 75.8. The third kappa shape index (κ3) is 5.44. The van der Waals surface area contributed by atoms with E-state index >= 15 is 0 Å². The number of hydrogen-bond donors (Lipinski definition) is 0. The van der Waals surface area contributed by atoms with Gasteiger partial charge in [-0.3, -0.25) is 0 Å². The van der Waals surface area contributed by atoms with Crippen LogP contribution < -0.4 is 4.90 Å². The Morgan fingerprint density at radius 2 is 0.833 bits per heavy atom. The number of fused-ring (bicyclic) bond motifs is 4. The molecule has 9 aromatic carbocycles. The first-order chi connectivity index (χ1) is 26.8. The van der Waals surface area contributed by atoms with Crippen molar-refractivity contribution in [3.63, 3.8) is 0 Å². The first kappa shape index (κ1) is 31.6. The van der Waals surface area contributed by atoms with E-state index in [2.05, 4.69) is 211 Å². The topological polar surface area (TPSA) is 16.4 Å². The van der Waals surface area contributed by atoms with Crippen molar-refractivity contribution < 1.29 is 4.42 Å². The maximum Gasteiger partial charge on any atom is 0.159 e. The minimum Gasteiger partial charge on any atom is -0.454 e. The highest BCUT2D eigenvalue weighted by Crippen LogP contribution is 2.48. The molecule has 0 aliphatic carbocycles. The van der Waals surface area contributed by atoms with Crippen LogP contribution in [0.3, 0.4) is 0 Å². The molecule has 0 N–H and O–H groups in total. The molecular weight excluding hydrogens is 655 g/mol. The molecule has 0 unspecified atom stereocenters. The summed E-state index contributed by atoms with van der Waals surface area (Å²) in [5.74, 6) is 0. The Morgan fingerprint density at radius 1 is 0.315 bits per heavy atom. The van der Waals surface area contributed by atoms with Crippen molar-refractivity contribution in [3.05, 3.63) is 212 Å². The largest absolute Gasteiger partial charge is 0.454 e. The molecule has 0 atom stereocenters. The molecule has 10 rings (SSSR count). The van der Waals surface area contributed by atoms with E-state index in [1.165, 1.54) is 38.6 Å². The summed E-state index contributed by atoms with van der Waals surface area (Å²) in [4.78, 5) is 2.38. The normalized spacial score (nSPS) is 11.3. The number of rotatable bonds is 7. The predicted molar refractivity (Wildman–Crippen MR) is 228 cm³/mol. The van der Waals surface area contributed by atoms with Crippen LogP contribution in [0.4, 0.5) is 17.1 Å². The third-order valence-corrected chi connectivity index (χ3v) is 10.5. The standard InChI is InChI=1S/C52H35NO/c1-2-17-36(18-3-1)41-24-6-7-25-43(41)44-26-8-9-27-45(44)46-28-10-12-32-49(46)53(50-33-16-31-48-47-29-11-13-34-51(47)54-52(48)50)39-22-14-21-38(35-39)42-30-15-20-37-19-4-5-23-40(37)42/h1-35H. The zero-order chi connectivity index (χ0) is 35.8. The van der Waals surface area contributed by atoms with Crippen molar-refractivity contribution in [1.29, 1.82) is 0 Å². The van der Waals surface area contributed by atoms with Crippen molar-refractivity contribution in [3.8, 4) is 44.5 Å². The fraction of sp³-hybridized carbons (Fsp3) is 0. The Hall–Kier alpha value is -7.16. The molecule has 0 bridgehead atoms. The maximum atomic E-state index is 6.74. The lowest BCUT2D eigenvalue weighted by molar-refractivity contribution is 0.669. The molecular formula is C52H35NO. The SMILES string of the molecule is c1ccc(-c2ccccc2-c2ccccc2-c2ccccc2N(c2cccc(-c3cccc4ccccc34)c2)c2cccc3c2oc2ccccc23)cc1. The first-order valence-electron chi connectivity index (χ1n) is 18.4. The summed E-state index contributed by atoms with van der Waals surface area (Å²) in [6.45, 7) is 0. The number of para-hydroxylation sites is 3. The van der Waals surface area contributed by atoms with Crippen molar-refractivity contribution in [2.24, 2.45) is 0 Å². The summed E-state index contributed by atoms with van der Waals surface area (Å²) in [6.07, 6.45) is 0. The van der Waals surface area contributed by atoms with E-state index in [1.54, 1.807) is 0 Å². The number of furan rings is 1. The number of benzene rings is 9. The molecule has 1 aromatic heterocycles. The zero-order valence-electron chi connectivity index (χ0n) is 29.6. The molecule has 2 nitrogen and oxygen atoms in total. The van der Waals surface area contributed by atoms with Gasteiger partial charge in [0.25, 0.3) is 0 Å². The van der Waals surface area contributed by atoms with E-state index in [0.29, 0.717) is 0 Å². The van der Waals surface area contributed by atoms with E-state index in [1.807, 2.05) is 6.07 Å². The Labute approximate surface area is 314 Å². The minimum atomic E-state index is 0.853. The lowest BCUT2D eigenvalue weighted by Crippen LogP contribution is -2.12. The third-order valence-electron chi connectivity index (χ3n) is 10.5. The molecule has 0 saturated heterocycles. The predicted octanol–water partition coefficient (Wildman–Crippen LogP) is 14.9. The van der Waals surface area contributed by atoms with Crippen molar-refractivity contribution in [2.75, 3.05) is 4.90 Å². The fourth-order valence-electron chi connectivity index (χ4n) is 8.04. The zero-order valence-corrected chi connectivity index (χ0v) is 29.6. The van der Waals surface area contributed by atoms with Gasteiger partial charge in [0.1, 0.15) is 5.58 Å². The van der Waals surface area contributed by atoms with Gasteiger partial charge in [0.2, 0.25) is 0 Å². The van der Waals surface area contributed by atoms with Crippen LogP contribution in [-0.2, 0) is 0 Å². The molecule has 0 saturated carbocycles. The smallest absolute Gasteiger partial charge is 0.159 e. The van der Waals surface area contributed by atoms with Gasteiger partial charge < -0.3 is 9.32 Å². The van der Waals surface area contributed by atoms with Crippen LogP contribution in [-0.4, -0.2) is 0 Å². The molecule has 0 spiro atoms. The van der Waals surface area contributed by atoms with Gasteiger partial charge in [-0.25, -0.2) is 0 Å². The highest BCUT2D eigenvalue weighted by molar-refractivity contribution is 6.11. The van der Waals surface area contributed by atoms with Crippen molar-refractivity contribution in [2.45, 2.75) is 0 Å². The van der Waals surface area contributed by atoms with Gasteiger partial charge >= 0.3 is 0 Å².